The molecule has 158 valence electrons. The first-order chi connectivity index (χ1) is 14.7. The molecule has 30 heavy (non-hydrogen) atoms. The van der Waals surface area contributed by atoms with Crippen LogP contribution in [0.25, 0.3) is 0 Å². The van der Waals surface area contributed by atoms with Crippen LogP contribution < -0.4 is 0 Å². The Morgan fingerprint density at radius 3 is 2.63 bits per heavy atom. The standard InChI is InChI=1S/C25H31N3O2/c29-24(28-12-14-30-15-13-28)16-21-17-25(23-6-2-1-5-22(21)23)7-10-27(11-8-25)19-20-4-3-9-26-18-20/h1-6,9,18,21H,7-8,10-17,19H2/t21-/m1/s1. The maximum Gasteiger partial charge on any atom is 0.223 e. The number of rotatable bonds is 4. The van der Waals surface area contributed by atoms with Crippen molar-refractivity contribution in [1.82, 2.24) is 14.8 Å². The molecule has 1 spiro atoms. The van der Waals surface area contributed by atoms with Crippen molar-refractivity contribution < 1.29 is 9.53 Å². The number of hydrogen-bond acceptors (Lipinski definition) is 4. The Morgan fingerprint density at radius 2 is 1.87 bits per heavy atom. The Morgan fingerprint density at radius 1 is 1.07 bits per heavy atom. The summed E-state index contributed by atoms with van der Waals surface area (Å²) in [6.45, 7) is 6.00. The topological polar surface area (TPSA) is 45.7 Å². The molecule has 5 rings (SSSR count). The van der Waals surface area contributed by atoms with Crippen LogP contribution >= 0.6 is 0 Å². The molecule has 2 aliphatic heterocycles. The van der Waals surface area contributed by atoms with E-state index in [0.29, 0.717) is 31.5 Å². The van der Waals surface area contributed by atoms with Crippen LogP contribution in [0.5, 0.6) is 0 Å². The minimum absolute atomic E-state index is 0.234. The molecule has 3 aliphatic rings. The predicted octanol–water partition coefficient (Wildman–Crippen LogP) is 3.35. The van der Waals surface area contributed by atoms with E-state index in [0.717, 1.165) is 39.1 Å². The van der Waals surface area contributed by atoms with Crippen molar-refractivity contribution >= 4 is 5.91 Å². The highest BCUT2D eigenvalue weighted by atomic mass is 16.5. The van der Waals surface area contributed by atoms with Crippen molar-refractivity contribution in [3.63, 3.8) is 0 Å². The summed E-state index contributed by atoms with van der Waals surface area (Å²) in [6, 6.07) is 13.1. The van der Waals surface area contributed by atoms with Gasteiger partial charge >= 0.3 is 0 Å². The Kier molecular flexibility index (Phi) is 5.57. The maximum absolute atomic E-state index is 12.9. The number of fused-ring (bicyclic) bond motifs is 2. The van der Waals surface area contributed by atoms with Crippen molar-refractivity contribution in [1.29, 1.82) is 0 Å². The van der Waals surface area contributed by atoms with Gasteiger partial charge in [-0.3, -0.25) is 14.7 Å². The van der Waals surface area contributed by atoms with Crippen LogP contribution in [0.1, 0.15) is 48.3 Å². The molecule has 5 nitrogen and oxygen atoms in total. The average molecular weight is 406 g/mol. The molecule has 0 saturated carbocycles. The predicted molar refractivity (Wildman–Crippen MR) is 116 cm³/mol. The number of carbonyl (C=O) groups excluding carboxylic acids is 1. The first-order valence-electron chi connectivity index (χ1n) is 11.3. The largest absolute Gasteiger partial charge is 0.378 e. The van der Waals surface area contributed by atoms with E-state index in [4.69, 9.17) is 4.74 Å². The zero-order valence-electron chi connectivity index (χ0n) is 17.6. The number of carbonyl (C=O) groups is 1. The van der Waals surface area contributed by atoms with E-state index in [1.54, 1.807) is 0 Å². The molecular formula is C25H31N3O2. The van der Waals surface area contributed by atoms with E-state index in [1.165, 1.54) is 29.5 Å². The highest BCUT2D eigenvalue weighted by molar-refractivity contribution is 5.77. The van der Waals surface area contributed by atoms with E-state index in [-0.39, 0.29) is 5.41 Å². The second-order valence-corrected chi connectivity index (χ2v) is 9.10. The molecule has 2 fully saturated rings. The summed E-state index contributed by atoms with van der Waals surface area (Å²) in [6.07, 6.45) is 7.91. The number of benzene rings is 1. The highest BCUT2D eigenvalue weighted by Gasteiger charge is 2.45. The first-order valence-corrected chi connectivity index (χ1v) is 11.3. The van der Waals surface area contributed by atoms with Gasteiger partial charge in [0.1, 0.15) is 0 Å². The Hall–Kier alpha value is -2.24. The molecular weight excluding hydrogens is 374 g/mol. The summed E-state index contributed by atoms with van der Waals surface area (Å²) in [4.78, 5) is 21.7. The third kappa shape index (κ3) is 3.88. The van der Waals surface area contributed by atoms with Crippen LogP contribution in [-0.2, 0) is 21.5 Å². The third-order valence-corrected chi connectivity index (χ3v) is 7.34. The quantitative estimate of drug-likeness (QED) is 0.783. The molecule has 0 unspecified atom stereocenters. The fraction of sp³-hybridized carbons (Fsp3) is 0.520. The zero-order chi connectivity index (χ0) is 20.4. The number of amides is 1. The van der Waals surface area contributed by atoms with E-state index in [9.17, 15) is 4.79 Å². The molecule has 2 saturated heterocycles. The molecule has 5 heteroatoms. The lowest BCUT2D eigenvalue weighted by Crippen LogP contribution is -2.42. The van der Waals surface area contributed by atoms with Crippen molar-refractivity contribution in [3.8, 4) is 0 Å². The summed E-state index contributed by atoms with van der Waals surface area (Å²) in [7, 11) is 0. The summed E-state index contributed by atoms with van der Waals surface area (Å²) in [5, 5.41) is 0. The molecule has 2 aromatic rings. The Balaban J connectivity index is 1.28. The molecule has 0 radical (unpaired) electrons. The number of nitrogens with zero attached hydrogens (tertiary/aromatic N) is 3. The van der Waals surface area contributed by atoms with E-state index < -0.39 is 0 Å². The molecule has 1 aliphatic carbocycles. The van der Waals surface area contributed by atoms with Gasteiger partial charge < -0.3 is 9.64 Å². The van der Waals surface area contributed by atoms with Gasteiger partial charge in [-0.2, -0.15) is 0 Å². The number of pyridine rings is 1. The van der Waals surface area contributed by atoms with E-state index in [2.05, 4.69) is 40.2 Å². The molecule has 3 heterocycles. The lowest BCUT2D eigenvalue weighted by Gasteiger charge is -2.40. The minimum atomic E-state index is 0.234. The van der Waals surface area contributed by atoms with E-state index in [1.807, 2.05) is 23.4 Å². The smallest absolute Gasteiger partial charge is 0.223 e. The van der Waals surface area contributed by atoms with Crippen LogP contribution in [0.2, 0.25) is 0 Å². The van der Waals surface area contributed by atoms with Gasteiger partial charge in [0.15, 0.2) is 0 Å². The maximum atomic E-state index is 12.9. The SMILES string of the molecule is O=C(C[C@@H]1CC2(CCN(Cc3cccnc3)CC2)c2ccccc21)N1CCOCC1. The van der Waals surface area contributed by atoms with Crippen molar-refractivity contribution in [3.05, 3.63) is 65.5 Å². The van der Waals surface area contributed by atoms with Gasteiger partial charge in [0.2, 0.25) is 5.91 Å². The molecule has 1 amide bonds. The summed E-state index contributed by atoms with van der Waals surface area (Å²) in [5.74, 6) is 0.644. The Labute approximate surface area is 179 Å². The molecule has 0 bridgehead atoms. The van der Waals surface area contributed by atoms with Crippen LogP contribution in [0.4, 0.5) is 0 Å². The number of hydrogen-bond donors (Lipinski definition) is 0. The molecule has 1 aromatic heterocycles. The number of ether oxygens (including phenoxy) is 1. The van der Waals surface area contributed by atoms with Crippen molar-refractivity contribution in [2.24, 2.45) is 0 Å². The van der Waals surface area contributed by atoms with Crippen LogP contribution in [-0.4, -0.2) is 60.1 Å². The lowest BCUT2D eigenvalue weighted by molar-refractivity contribution is -0.135. The molecule has 0 N–H and O–H groups in total. The summed E-state index contributed by atoms with van der Waals surface area (Å²) < 4.78 is 5.42. The molecule has 1 atom stereocenters. The Bertz CT molecular complexity index is 871. The van der Waals surface area contributed by atoms with Crippen molar-refractivity contribution in [2.45, 2.75) is 43.6 Å². The average Bonchev–Trinajstić information content (AvgIpc) is 3.10. The summed E-state index contributed by atoms with van der Waals surface area (Å²) >= 11 is 0. The third-order valence-electron chi connectivity index (χ3n) is 7.34. The highest BCUT2D eigenvalue weighted by Crippen LogP contribution is 2.52. The lowest BCUT2D eigenvalue weighted by atomic mass is 9.73. The first kappa shape index (κ1) is 19.7. The number of aromatic nitrogens is 1. The van der Waals surface area contributed by atoms with Gasteiger partial charge in [-0.25, -0.2) is 0 Å². The van der Waals surface area contributed by atoms with Gasteiger partial charge in [-0.1, -0.05) is 30.3 Å². The van der Waals surface area contributed by atoms with Gasteiger partial charge in [0.25, 0.3) is 0 Å². The van der Waals surface area contributed by atoms with E-state index >= 15 is 0 Å². The summed E-state index contributed by atoms with van der Waals surface area (Å²) in [5.41, 5.74) is 4.44. The van der Waals surface area contributed by atoms with Gasteiger partial charge in [-0.05, 0) is 66.4 Å². The second-order valence-electron chi connectivity index (χ2n) is 9.10. The van der Waals surface area contributed by atoms with Crippen LogP contribution in [0.15, 0.2) is 48.8 Å². The fourth-order valence-corrected chi connectivity index (χ4v) is 5.72. The molecule has 1 aromatic carbocycles. The second kappa shape index (κ2) is 8.48. The van der Waals surface area contributed by atoms with Crippen LogP contribution in [0.3, 0.4) is 0 Å². The fourth-order valence-electron chi connectivity index (χ4n) is 5.72. The minimum Gasteiger partial charge on any atom is -0.378 e. The van der Waals surface area contributed by atoms with Gasteiger partial charge in [-0.15, -0.1) is 0 Å². The normalized spacial score (nSPS) is 23.5. The number of morpholine rings is 1. The van der Waals surface area contributed by atoms with Gasteiger partial charge in [0.05, 0.1) is 13.2 Å². The number of piperidine rings is 1. The van der Waals surface area contributed by atoms with Gasteiger partial charge in [0, 0.05) is 38.4 Å². The monoisotopic (exact) mass is 405 g/mol. The van der Waals surface area contributed by atoms with Crippen LogP contribution in [0, 0.1) is 0 Å². The number of likely N-dealkylation sites (tertiary alicyclic amines) is 1. The van der Waals surface area contributed by atoms with Crippen molar-refractivity contribution in [2.75, 3.05) is 39.4 Å². The zero-order valence-corrected chi connectivity index (χ0v) is 17.6.